The van der Waals surface area contributed by atoms with Gasteiger partial charge in [0.05, 0.1) is 5.02 Å². The van der Waals surface area contributed by atoms with E-state index in [0.717, 1.165) is 23.2 Å². The van der Waals surface area contributed by atoms with Gasteiger partial charge in [-0.25, -0.2) is 4.98 Å². The van der Waals surface area contributed by atoms with Crippen molar-refractivity contribution in [1.82, 2.24) is 4.98 Å². The minimum absolute atomic E-state index is 0.516. The smallest absolute Gasteiger partial charge is 0.144 e. The Bertz CT molecular complexity index is 348. The average Bonchev–Trinajstić information content (AvgIpc) is 2.39. The van der Waals surface area contributed by atoms with Gasteiger partial charge in [-0.05, 0) is 37.3 Å². The van der Waals surface area contributed by atoms with Crippen molar-refractivity contribution in [2.24, 2.45) is 5.92 Å². The lowest BCUT2D eigenvalue weighted by atomic mass is 9.83. The second-order valence-electron chi connectivity index (χ2n) is 4.89. The molecule has 1 saturated carbocycles. The lowest BCUT2D eigenvalue weighted by Gasteiger charge is -2.30. The third kappa shape index (κ3) is 3.35. The fraction of sp³-hybridized carbons (Fsp3) is 0.643. The van der Waals surface area contributed by atoms with Gasteiger partial charge < -0.3 is 5.32 Å². The molecule has 1 unspecified atom stereocenters. The number of rotatable bonds is 4. The fourth-order valence-corrected chi connectivity index (χ4v) is 2.93. The van der Waals surface area contributed by atoms with E-state index < -0.39 is 0 Å². The minimum Gasteiger partial charge on any atom is -0.366 e. The van der Waals surface area contributed by atoms with Crippen LogP contribution >= 0.6 is 11.6 Å². The van der Waals surface area contributed by atoms with E-state index in [1.807, 2.05) is 12.1 Å². The van der Waals surface area contributed by atoms with E-state index in [1.165, 1.54) is 32.1 Å². The Balaban J connectivity index is 2.01. The molecule has 1 aromatic heterocycles. The molecule has 0 aromatic carbocycles. The van der Waals surface area contributed by atoms with Gasteiger partial charge in [-0.1, -0.05) is 37.8 Å². The summed E-state index contributed by atoms with van der Waals surface area (Å²) < 4.78 is 0. The summed E-state index contributed by atoms with van der Waals surface area (Å²) in [6.07, 6.45) is 9.76. The van der Waals surface area contributed by atoms with Gasteiger partial charge in [0, 0.05) is 12.2 Å². The molecule has 0 aliphatic heterocycles. The molecule has 0 radical (unpaired) electrons. The molecule has 1 aliphatic carbocycles. The molecule has 17 heavy (non-hydrogen) atoms. The van der Waals surface area contributed by atoms with E-state index in [1.54, 1.807) is 6.20 Å². The van der Waals surface area contributed by atoms with Gasteiger partial charge in [-0.3, -0.25) is 0 Å². The standard InChI is InChI=1S/C14H21ClN2/c1-2-13(11-7-4-3-5-8-11)17-14-12(15)9-6-10-16-14/h6,9-11,13H,2-5,7-8H2,1H3,(H,16,17). The Morgan fingerprint density at radius 1 is 1.41 bits per heavy atom. The van der Waals surface area contributed by atoms with Crippen LogP contribution in [0.5, 0.6) is 0 Å². The molecule has 1 N–H and O–H groups in total. The summed E-state index contributed by atoms with van der Waals surface area (Å²) >= 11 is 6.14. The number of halogens is 1. The summed E-state index contributed by atoms with van der Waals surface area (Å²) in [5, 5.41) is 4.25. The third-order valence-electron chi connectivity index (χ3n) is 3.74. The second-order valence-corrected chi connectivity index (χ2v) is 5.30. The topological polar surface area (TPSA) is 24.9 Å². The maximum absolute atomic E-state index is 6.14. The summed E-state index contributed by atoms with van der Waals surface area (Å²) in [6.45, 7) is 2.24. The predicted molar refractivity (Wildman–Crippen MR) is 73.5 cm³/mol. The Morgan fingerprint density at radius 2 is 2.18 bits per heavy atom. The van der Waals surface area contributed by atoms with Gasteiger partial charge in [0.1, 0.15) is 5.82 Å². The summed E-state index contributed by atoms with van der Waals surface area (Å²) in [5.41, 5.74) is 0. The summed E-state index contributed by atoms with van der Waals surface area (Å²) in [5.74, 6) is 1.62. The Hall–Kier alpha value is -0.760. The van der Waals surface area contributed by atoms with E-state index in [0.29, 0.717) is 6.04 Å². The Kier molecular flexibility index (Phi) is 4.66. The monoisotopic (exact) mass is 252 g/mol. The molecular formula is C14H21ClN2. The summed E-state index contributed by atoms with van der Waals surface area (Å²) in [7, 11) is 0. The van der Waals surface area contributed by atoms with Crippen molar-refractivity contribution in [3.63, 3.8) is 0 Å². The van der Waals surface area contributed by atoms with Crippen LogP contribution in [0, 0.1) is 5.92 Å². The molecule has 0 bridgehead atoms. The molecule has 1 heterocycles. The van der Waals surface area contributed by atoms with E-state index in [2.05, 4.69) is 17.2 Å². The van der Waals surface area contributed by atoms with E-state index in [9.17, 15) is 0 Å². The number of hydrogen-bond donors (Lipinski definition) is 1. The minimum atomic E-state index is 0.516. The van der Waals surface area contributed by atoms with Crippen LogP contribution in [0.25, 0.3) is 0 Å². The quantitative estimate of drug-likeness (QED) is 0.853. The molecule has 0 amide bonds. The van der Waals surface area contributed by atoms with Crippen molar-refractivity contribution in [3.8, 4) is 0 Å². The zero-order valence-electron chi connectivity index (χ0n) is 10.5. The Labute approximate surface area is 109 Å². The van der Waals surface area contributed by atoms with Gasteiger partial charge in [-0.15, -0.1) is 0 Å². The fourth-order valence-electron chi connectivity index (χ4n) is 2.76. The van der Waals surface area contributed by atoms with Crippen molar-refractivity contribution in [3.05, 3.63) is 23.4 Å². The van der Waals surface area contributed by atoms with Crippen LogP contribution in [0.1, 0.15) is 45.4 Å². The van der Waals surface area contributed by atoms with Crippen LogP contribution in [-0.4, -0.2) is 11.0 Å². The first-order valence-corrected chi connectivity index (χ1v) is 7.06. The van der Waals surface area contributed by atoms with E-state index in [-0.39, 0.29) is 0 Å². The van der Waals surface area contributed by atoms with Crippen molar-refractivity contribution >= 4 is 17.4 Å². The highest BCUT2D eigenvalue weighted by Gasteiger charge is 2.22. The number of aromatic nitrogens is 1. The highest BCUT2D eigenvalue weighted by molar-refractivity contribution is 6.32. The predicted octanol–water partition coefficient (Wildman–Crippen LogP) is 4.51. The molecule has 0 saturated heterocycles. The molecule has 94 valence electrons. The first kappa shape index (κ1) is 12.7. The SMILES string of the molecule is CCC(Nc1ncccc1Cl)C1CCCCC1. The highest BCUT2D eigenvalue weighted by atomic mass is 35.5. The first-order valence-electron chi connectivity index (χ1n) is 6.68. The van der Waals surface area contributed by atoms with Crippen LogP contribution in [0.2, 0.25) is 5.02 Å². The zero-order valence-corrected chi connectivity index (χ0v) is 11.2. The molecule has 1 aromatic rings. The number of nitrogens with zero attached hydrogens (tertiary/aromatic N) is 1. The summed E-state index contributed by atoms with van der Waals surface area (Å²) in [4.78, 5) is 4.32. The zero-order chi connectivity index (χ0) is 12.1. The molecular weight excluding hydrogens is 232 g/mol. The normalized spacial score (nSPS) is 18.9. The number of pyridine rings is 1. The van der Waals surface area contributed by atoms with Gasteiger partial charge >= 0.3 is 0 Å². The second kappa shape index (κ2) is 6.25. The molecule has 1 aliphatic rings. The van der Waals surface area contributed by atoms with Gasteiger partial charge in [-0.2, -0.15) is 0 Å². The van der Waals surface area contributed by atoms with Crippen LogP contribution in [-0.2, 0) is 0 Å². The summed E-state index contributed by atoms with van der Waals surface area (Å²) in [6, 6.07) is 4.28. The van der Waals surface area contributed by atoms with Crippen molar-refractivity contribution in [1.29, 1.82) is 0 Å². The van der Waals surface area contributed by atoms with Crippen LogP contribution in [0.4, 0.5) is 5.82 Å². The number of nitrogens with one attached hydrogen (secondary N) is 1. The van der Waals surface area contributed by atoms with Gasteiger partial charge in [0.2, 0.25) is 0 Å². The maximum Gasteiger partial charge on any atom is 0.144 e. The molecule has 1 fully saturated rings. The molecule has 3 heteroatoms. The van der Waals surface area contributed by atoms with Crippen molar-refractivity contribution in [2.45, 2.75) is 51.5 Å². The molecule has 2 rings (SSSR count). The van der Waals surface area contributed by atoms with Crippen molar-refractivity contribution < 1.29 is 0 Å². The lowest BCUT2D eigenvalue weighted by Crippen LogP contribution is -2.30. The molecule has 0 spiro atoms. The number of hydrogen-bond acceptors (Lipinski definition) is 2. The average molecular weight is 253 g/mol. The maximum atomic E-state index is 6.14. The van der Waals surface area contributed by atoms with Crippen molar-refractivity contribution in [2.75, 3.05) is 5.32 Å². The van der Waals surface area contributed by atoms with Crippen LogP contribution in [0.3, 0.4) is 0 Å². The largest absolute Gasteiger partial charge is 0.366 e. The van der Waals surface area contributed by atoms with E-state index >= 15 is 0 Å². The molecule has 1 atom stereocenters. The molecule has 2 nitrogen and oxygen atoms in total. The third-order valence-corrected chi connectivity index (χ3v) is 4.04. The van der Waals surface area contributed by atoms with Gasteiger partial charge in [0.25, 0.3) is 0 Å². The van der Waals surface area contributed by atoms with Crippen LogP contribution < -0.4 is 5.32 Å². The number of anilines is 1. The first-order chi connectivity index (χ1) is 8.31. The van der Waals surface area contributed by atoms with Crippen LogP contribution in [0.15, 0.2) is 18.3 Å². The van der Waals surface area contributed by atoms with E-state index in [4.69, 9.17) is 11.6 Å². The van der Waals surface area contributed by atoms with Gasteiger partial charge in [0.15, 0.2) is 0 Å². The highest BCUT2D eigenvalue weighted by Crippen LogP contribution is 2.30. The Morgan fingerprint density at radius 3 is 2.82 bits per heavy atom. The lowest BCUT2D eigenvalue weighted by molar-refractivity contribution is 0.312.